The van der Waals surface area contributed by atoms with Gasteiger partial charge in [0.2, 0.25) is 10.0 Å². The molecule has 41 heavy (non-hydrogen) atoms. The van der Waals surface area contributed by atoms with Crippen LogP contribution in [-0.2, 0) is 43.1 Å². The van der Waals surface area contributed by atoms with E-state index in [1.807, 2.05) is 6.07 Å². The highest BCUT2D eigenvalue weighted by Gasteiger charge is 2.33. The molecular formula is C29H30N6O5S. The van der Waals surface area contributed by atoms with Gasteiger partial charge in [0.25, 0.3) is 11.5 Å². The SMILES string of the molecule is Cn1cc(-c2ccnc(N3CCn4c(cc5c4CCCC5)C3=O)c2CO)cc(N(c2ccccn2)S(C)(=O)=O)c1=O. The predicted molar refractivity (Wildman–Crippen MR) is 155 cm³/mol. The molecule has 0 bridgehead atoms. The molecule has 1 N–H and O–H groups in total. The van der Waals surface area contributed by atoms with Crippen molar-refractivity contribution in [1.82, 2.24) is 19.1 Å². The summed E-state index contributed by atoms with van der Waals surface area (Å²) in [4.78, 5) is 37.2. The Labute approximate surface area is 237 Å². The van der Waals surface area contributed by atoms with Gasteiger partial charge in [-0.3, -0.25) is 14.5 Å². The van der Waals surface area contributed by atoms with Crippen LogP contribution in [0.1, 0.15) is 40.2 Å². The first kappa shape index (κ1) is 26.9. The number of carbonyl (C=O) groups excluding carboxylic acids is 1. The molecule has 0 saturated carbocycles. The Morgan fingerprint density at radius 1 is 1.02 bits per heavy atom. The Morgan fingerprint density at radius 2 is 1.83 bits per heavy atom. The second-order valence-corrected chi connectivity index (χ2v) is 12.2. The largest absolute Gasteiger partial charge is 0.392 e. The summed E-state index contributed by atoms with van der Waals surface area (Å²) in [6.07, 6.45) is 9.74. The first-order chi connectivity index (χ1) is 19.7. The molecule has 0 spiro atoms. The van der Waals surface area contributed by atoms with Crippen LogP contribution < -0.4 is 14.8 Å². The van der Waals surface area contributed by atoms with E-state index in [9.17, 15) is 23.1 Å². The monoisotopic (exact) mass is 574 g/mol. The standard InChI is InChI=1S/C29H30N6O5S/c1-32-17-20(16-25(28(32)37)35(41(2,39)40)26-9-5-6-11-30-26)21-10-12-31-27(22(21)18-36)34-14-13-33-23-8-4-3-7-19(23)15-24(33)29(34)38/h5-6,9-12,15-17,36H,3-4,7-8,13-14,18H2,1-2H3. The lowest BCUT2D eigenvalue weighted by atomic mass is 9.98. The molecule has 0 atom stereocenters. The molecule has 0 saturated heterocycles. The number of aliphatic hydroxyl groups excluding tert-OH is 1. The minimum Gasteiger partial charge on any atom is -0.392 e. The van der Waals surface area contributed by atoms with Crippen LogP contribution in [0.15, 0.2) is 59.8 Å². The molecule has 11 nitrogen and oxygen atoms in total. The molecule has 0 radical (unpaired) electrons. The number of rotatable bonds is 6. The van der Waals surface area contributed by atoms with E-state index in [2.05, 4.69) is 14.5 Å². The van der Waals surface area contributed by atoms with E-state index in [-0.39, 0.29) is 17.4 Å². The van der Waals surface area contributed by atoms with Crippen LogP contribution >= 0.6 is 0 Å². The second kappa shape index (κ2) is 10.3. The Morgan fingerprint density at radius 3 is 2.56 bits per heavy atom. The number of sulfonamides is 1. The summed E-state index contributed by atoms with van der Waals surface area (Å²) < 4.78 is 30.1. The van der Waals surface area contributed by atoms with Gasteiger partial charge in [-0.2, -0.15) is 0 Å². The van der Waals surface area contributed by atoms with E-state index >= 15 is 0 Å². The molecular weight excluding hydrogens is 544 g/mol. The molecule has 6 rings (SSSR count). The van der Waals surface area contributed by atoms with Crippen LogP contribution in [0.2, 0.25) is 0 Å². The lowest BCUT2D eigenvalue weighted by molar-refractivity contribution is 0.0963. The number of aryl methyl sites for hydroxylation is 2. The topological polar surface area (TPSA) is 131 Å². The van der Waals surface area contributed by atoms with Crippen molar-refractivity contribution in [2.24, 2.45) is 7.05 Å². The van der Waals surface area contributed by atoms with Crippen molar-refractivity contribution in [2.75, 3.05) is 22.0 Å². The van der Waals surface area contributed by atoms with Crippen LogP contribution in [0.25, 0.3) is 11.1 Å². The molecule has 1 aliphatic heterocycles. The van der Waals surface area contributed by atoms with E-state index in [0.717, 1.165) is 36.2 Å². The van der Waals surface area contributed by atoms with E-state index in [4.69, 9.17) is 0 Å². The van der Waals surface area contributed by atoms with Gasteiger partial charge in [0.15, 0.2) is 0 Å². The van der Waals surface area contributed by atoms with Crippen LogP contribution in [0.3, 0.4) is 0 Å². The zero-order valence-electron chi connectivity index (χ0n) is 22.8. The van der Waals surface area contributed by atoms with E-state index < -0.39 is 22.2 Å². The van der Waals surface area contributed by atoms with Crippen LogP contribution in [0.5, 0.6) is 0 Å². The highest BCUT2D eigenvalue weighted by Crippen LogP contribution is 2.35. The lowest BCUT2D eigenvalue weighted by Gasteiger charge is -2.30. The second-order valence-electron chi connectivity index (χ2n) is 10.4. The fraction of sp³-hybridized carbons (Fsp3) is 0.310. The molecule has 12 heteroatoms. The molecule has 1 aliphatic carbocycles. The van der Waals surface area contributed by atoms with Crippen LogP contribution in [0, 0.1) is 0 Å². The Bertz CT molecular complexity index is 1830. The molecule has 4 aromatic heterocycles. The molecule has 212 valence electrons. The maximum absolute atomic E-state index is 13.7. The molecule has 0 fully saturated rings. The summed E-state index contributed by atoms with van der Waals surface area (Å²) in [5.74, 6) is 0.233. The number of hydrogen-bond donors (Lipinski definition) is 1. The maximum Gasteiger partial charge on any atom is 0.276 e. The number of aromatic nitrogens is 4. The third-order valence-electron chi connectivity index (χ3n) is 7.75. The van der Waals surface area contributed by atoms with E-state index in [1.54, 1.807) is 35.5 Å². The van der Waals surface area contributed by atoms with Crippen molar-refractivity contribution in [2.45, 2.75) is 38.8 Å². The summed E-state index contributed by atoms with van der Waals surface area (Å²) in [6.45, 7) is 0.606. The number of amides is 1. The highest BCUT2D eigenvalue weighted by atomic mass is 32.2. The summed E-state index contributed by atoms with van der Waals surface area (Å²) in [6, 6.07) is 9.93. The van der Waals surface area contributed by atoms with Crippen molar-refractivity contribution in [1.29, 1.82) is 0 Å². The van der Waals surface area contributed by atoms with Crippen LogP contribution in [0.4, 0.5) is 17.3 Å². The van der Waals surface area contributed by atoms with Crippen LogP contribution in [-0.4, -0.2) is 51.3 Å². The lowest BCUT2D eigenvalue weighted by Crippen LogP contribution is -2.41. The third kappa shape index (κ3) is 4.62. The minimum absolute atomic E-state index is 0.0756. The summed E-state index contributed by atoms with van der Waals surface area (Å²) in [7, 11) is -2.42. The zero-order chi connectivity index (χ0) is 28.9. The number of anilines is 3. The van der Waals surface area contributed by atoms with Gasteiger partial charge in [-0.05, 0) is 67.1 Å². The molecule has 0 unspecified atom stereocenters. The van der Waals surface area contributed by atoms with Crippen molar-refractivity contribution in [3.05, 3.63) is 87.9 Å². The van der Waals surface area contributed by atoms with Gasteiger partial charge in [-0.1, -0.05) is 6.07 Å². The first-order valence-electron chi connectivity index (χ1n) is 13.4. The van der Waals surface area contributed by atoms with Gasteiger partial charge >= 0.3 is 0 Å². The number of carbonyl (C=O) groups is 1. The fourth-order valence-corrected chi connectivity index (χ4v) is 6.85. The average molecular weight is 575 g/mol. The number of nitrogens with zero attached hydrogens (tertiary/aromatic N) is 6. The molecule has 2 aliphatic rings. The average Bonchev–Trinajstić information content (AvgIpc) is 3.35. The predicted octanol–water partition coefficient (Wildman–Crippen LogP) is 2.77. The van der Waals surface area contributed by atoms with Gasteiger partial charge in [-0.25, -0.2) is 22.7 Å². The summed E-state index contributed by atoms with van der Waals surface area (Å²) >= 11 is 0. The van der Waals surface area contributed by atoms with Crippen molar-refractivity contribution >= 4 is 33.3 Å². The zero-order valence-corrected chi connectivity index (χ0v) is 23.6. The summed E-state index contributed by atoms with van der Waals surface area (Å²) in [5, 5.41) is 10.5. The third-order valence-corrected chi connectivity index (χ3v) is 8.80. The normalized spacial score (nSPS) is 15.0. The minimum atomic E-state index is -3.95. The Kier molecular flexibility index (Phi) is 6.74. The number of aliphatic hydroxyl groups is 1. The van der Waals surface area contributed by atoms with Crippen molar-refractivity contribution in [3.63, 3.8) is 0 Å². The number of hydrogen-bond acceptors (Lipinski definition) is 7. The fourth-order valence-electron chi connectivity index (χ4n) is 5.91. The molecule has 4 aromatic rings. The molecule has 5 heterocycles. The van der Waals surface area contributed by atoms with Gasteiger partial charge < -0.3 is 14.2 Å². The van der Waals surface area contributed by atoms with Gasteiger partial charge in [0.05, 0.1) is 12.9 Å². The Hall–Kier alpha value is -4.29. The number of fused-ring (bicyclic) bond motifs is 3. The first-order valence-corrected chi connectivity index (χ1v) is 15.3. The highest BCUT2D eigenvalue weighted by molar-refractivity contribution is 7.92. The number of pyridine rings is 3. The van der Waals surface area contributed by atoms with Gasteiger partial charge in [0, 0.05) is 55.5 Å². The Balaban J connectivity index is 1.46. The van der Waals surface area contributed by atoms with Crippen molar-refractivity contribution < 1.29 is 18.3 Å². The maximum atomic E-state index is 13.7. The van der Waals surface area contributed by atoms with Crippen molar-refractivity contribution in [3.8, 4) is 11.1 Å². The summed E-state index contributed by atoms with van der Waals surface area (Å²) in [5.41, 5.74) is 3.84. The van der Waals surface area contributed by atoms with E-state index in [1.165, 1.54) is 41.2 Å². The van der Waals surface area contributed by atoms with Gasteiger partial charge in [0.1, 0.15) is 23.0 Å². The quantitative estimate of drug-likeness (QED) is 0.375. The smallest absolute Gasteiger partial charge is 0.276 e. The van der Waals surface area contributed by atoms with E-state index in [0.29, 0.717) is 41.3 Å². The molecule has 0 aromatic carbocycles. The van der Waals surface area contributed by atoms with Gasteiger partial charge in [-0.15, -0.1) is 0 Å². The molecule has 1 amide bonds.